The highest BCUT2D eigenvalue weighted by atomic mass is 15.3. The lowest BCUT2D eigenvalue weighted by Crippen LogP contribution is -2.40. The van der Waals surface area contributed by atoms with Crippen LogP contribution >= 0.6 is 0 Å². The predicted molar refractivity (Wildman–Crippen MR) is 247 cm³/mol. The Hall–Kier alpha value is -7.54. The molecule has 62 heavy (non-hydrogen) atoms. The van der Waals surface area contributed by atoms with Gasteiger partial charge < -0.3 is 19.6 Å². The van der Waals surface area contributed by atoms with Crippen molar-refractivity contribution in [3.8, 4) is 6.07 Å². The third kappa shape index (κ3) is 4.78. The highest BCUT2D eigenvalue weighted by molar-refractivity contribution is 5.83. The monoisotopic (exact) mass is 798 g/mol. The first-order chi connectivity index (χ1) is 30.7. The first-order valence-corrected chi connectivity index (χ1v) is 22.0. The van der Waals surface area contributed by atoms with Gasteiger partial charge in [0, 0.05) is 63.5 Å². The molecule has 6 nitrogen and oxygen atoms in total. The lowest BCUT2D eigenvalue weighted by molar-refractivity contribution is 0.370. The summed E-state index contributed by atoms with van der Waals surface area (Å²) in [6, 6.07) is 38.7. The molecule has 0 N–H and O–H groups in total. The number of hydrogen-bond acceptors (Lipinski definition) is 5. The largest absolute Gasteiger partial charge is 0.347 e. The summed E-state index contributed by atoms with van der Waals surface area (Å²) in [6.07, 6.45) is 29.9. The minimum Gasteiger partial charge on any atom is -0.347 e. The van der Waals surface area contributed by atoms with Crippen molar-refractivity contribution in [3.05, 3.63) is 243 Å². The molecular formula is C56H42N6. The van der Waals surface area contributed by atoms with Gasteiger partial charge in [0.05, 0.1) is 47.8 Å². The van der Waals surface area contributed by atoms with E-state index in [0.717, 1.165) is 42.7 Å². The Kier molecular flexibility index (Phi) is 7.66. The Morgan fingerprint density at radius 3 is 2.37 bits per heavy atom. The Morgan fingerprint density at radius 2 is 1.52 bits per heavy atom. The molecule has 4 unspecified atom stereocenters. The molecule has 0 aromatic heterocycles. The number of benzene rings is 4. The van der Waals surface area contributed by atoms with Crippen LogP contribution in [0.3, 0.4) is 0 Å². The molecule has 13 rings (SSSR count). The number of nitriles is 1. The van der Waals surface area contributed by atoms with E-state index in [-0.39, 0.29) is 35.9 Å². The van der Waals surface area contributed by atoms with Crippen LogP contribution in [0.4, 0.5) is 28.4 Å². The summed E-state index contributed by atoms with van der Waals surface area (Å²) < 4.78 is 0. The van der Waals surface area contributed by atoms with E-state index < -0.39 is 0 Å². The fourth-order valence-corrected chi connectivity index (χ4v) is 12.3. The van der Waals surface area contributed by atoms with Gasteiger partial charge in [-0.2, -0.15) is 5.26 Å². The molecule has 0 bridgehead atoms. The van der Waals surface area contributed by atoms with Crippen LogP contribution in [0.2, 0.25) is 0 Å². The fourth-order valence-electron chi connectivity index (χ4n) is 12.3. The Bertz CT molecular complexity index is 3060. The topological polar surface area (TPSA) is 41.1 Å². The van der Waals surface area contributed by atoms with Crippen molar-refractivity contribution < 1.29 is 0 Å². The maximum atomic E-state index is 10.4. The summed E-state index contributed by atoms with van der Waals surface area (Å²) in [5, 5.41) is 10.4. The smallest absolute Gasteiger partial charge is 0.210 e. The Labute approximate surface area is 362 Å². The van der Waals surface area contributed by atoms with Gasteiger partial charge in [-0.15, -0.1) is 0 Å². The number of allylic oxidation sites excluding steroid dienone is 12. The molecule has 4 aromatic carbocycles. The van der Waals surface area contributed by atoms with Crippen LogP contribution < -0.4 is 14.7 Å². The molecule has 0 radical (unpaired) electrons. The van der Waals surface area contributed by atoms with Gasteiger partial charge in [0.1, 0.15) is 6.07 Å². The zero-order valence-corrected chi connectivity index (χ0v) is 34.1. The van der Waals surface area contributed by atoms with Crippen molar-refractivity contribution in [2.45, 2.75) is 49.7 Å². The third-order valence-corrected chi connectivity index (χ3v) is 14.7. The summed E-state index contributed by atoms with van der Waals surface area (Å²) in [7, 11) is 0. The van der Waals surface area contributed by atoms with E-state index in [0.29, 0.717) is 11.3 Å². The summed E-state index contributed by atoms with van der Waals surface area (Å²) in [4.78, 5) is 14.3. The van der Waals surface area contributed by atoms with Crippen molar-refractivity contribution in [2.24, 2.45) is 11.8 Å². The molecule has 0 spiro atoms. The average Bonchev–Trinajstić information content (AvgIpc) is 4.06. The van der Waals surface area contributed by atoms with E-state index in [2.05, 4.69) is 170 Å². The van der Waals surface area contributed by atoms with Gasteiger partial charge in [0.25, 0.3) is 0 Å². The van der Waals surface area contributed by atoms with Crippen molar-refractivity contribution >= 4 is 28.4 Å². The molecule has 4 aliphatic heterocycles. The number of anilines is 4. The molecule has 9 aliphatic rings. The average molecular weight is 799 g/mol. The summed E-state index contributed by atoms with van der Waals surface area (Å²) >= 11 is 0. The molecule has 4 heterocycles. The number of hydrogen-bond donors (Lipinski definition) is 0. The van der Waals surface area contributed by atoms with E-state index >= 15 is 0 Å². The standard InChI is InChI=1S/C56H42N6/c1-58-44-23-11-15-27-48(44)60(37-19-6-3-7-20-37)50-31-29-39-43-33-51-42(32-52(43)62-47-26-14-10-22-41(47)54(50)56(39)62)38-28-30-49(53-40-21-9-13-25-46(40)61(51)55(38)53)59(36-17-4-2-5-18-36)45-24-12-8-16-35(45)34-57/h2-8,10-12,14-19,21-32,37,43,53-56H,9,13,20,33H2/t37?,43?,53-,54-,55?,56?/m0/s1. The minimum atomic E-state index is 0.104. The van der Waals surface area contributed by atoms with Crippen LogP contribution in [0.25, 0.3) is 4.85 Å². The quantitative estimate of drug-likeness (QED) is 0.182. The van der Waals surface area contributed by atoms with Crippen molar-refractivity contribution in [3.63, 3.8) is 0 Å². The van der Waals surface area contributed by atoms with Gasteiger partial charge in [-0.25, -0.2) is 4.85 Å². The number of para-hydroxylation sites is 5. The van der Waals surface area contributed by atoms with E-state index in [9.17, 15) is 5.26 Å². The second-order valence-corrected chi connectivity index (χ2v) is 17.5. The number of rotatable bonds is 6. The zero-order valence-electron chi connectivity index (χ0n) is 34.1. The van der Waals surface area contributed by atoms with Crippen LogP contribution in [-0.2, 0) is 0 Å². The second-order valence-electron chi connectivity index (χ2n) is 17.5. The molecule has 4 aromatic rings. The van der Waals surface area contributed by atoms with Crippen LogP contribution in [-0.4, -0.2) is 23.0 Å². The van der Waals surface area contributed by atoms with E-state index in [1.807, 2.05) is 30.3 Å². The van der Waals surface area contributed by atoms with Crippen LogP contribution in [0.5, 0.6) is 0 Å². The molecule has 2 saturated heterocycles. The zero-order chi connectivity index (χ0) is 41.1. The highest BCUT2D eigenvalue weighted by Crippen LogP contribution is 2.65. The molecule has 2 fully saturated rings. The molecule has 0 saturated carbocycles. The fraction of sp³-hybridized carbons (Fsp3) is 0.179. The first kappa shape index (κ1) is 35.2. The molecule has 296 valence electrons. The van der Waals surface area contributed by atoms with E-state index in [1.165, 1.54) is 62.0 Å². The van der Waals surface area contributed by atoms with Crippen molar-refractivity contribution in [1.82, 2.24) is 4.90 Å². The molecule has 5 aliphatic carbocycles. The summed E-state index contributed by atoms with van der Waals surface area (Å²) in [5.74, 6) is 0.472. The highest BCUT2D eigenvalue weighted by Gasteiger charge is 2.59. The lowest BCUT2D eigenvalue weighted by Gasteiger charge is -2.41. The van der Waals surface area contributed by atoms with Gasteiger partial charge >= 0.3 is 0 Å². The first-order valence-electron chi connectivity index (χ1n) is 22.0. The van der Waals surface area contributed by atoms with Gasteiger partial charge in [-0.3, -0.25) is 0 Å². The van der Waals surface area contributed by atoms with Crippen LogP contribution in [0.1, 0.15) is 42.7 Å². The maximum Gasteiger partial charge on any atom is 0.210 e. The Morgan fingerprint density at radius 1 is 0.726 bits per heavy atom. The molecule has 6 heteroatoms. The Balaban J connectivity index is 0.958. The lowest BCUT2D eigenvalue weighted by atomic mass is 9.76. The maximum absolute atomic E-state index is 10.4. The summed E-state index contributed by atoms with van der Waals surface area (Å²) in [6.45, 7) is 8.18. The van der Waals surface area contributed by atoms with Gasteiger partial charge in [-0.1, -0.05) is 115 Å². The van der Waals surface area contributed by atoms with Gasteiger partial charge in [0.15, 0.2) is 0 Å². The molecule has 0 amide bonds. The molecular weight excluding hydrogens is 757 g/mol. The second kappa shape index (κ2) is 13.5. The molecule has 6 atom stereocenters. The van der Waals surface area contributed by atoms with Crippen LogP contribution in [0.15, 0.2) is 221 Å². The third-order valence-electron chi connectivity index (χ3n) is 14.7. The summed E-state index contributed by atoms with van der Waals surface area (Å²) in [5.41, 5.74) is 19.2. The van der Waals surface area contributed by atoms with E-state index in [1.54, 1.807) is 0 Å². The van der Waals surface area contributed by atoms with Crippen LogP contribution in [0, 0.1) is 29.7 Å². The van der Waals surface area contributed by atoms with Crippen molar-refractivity contribution in [2.75, 3.05) is 14.7 Å². The van der Waals surface area contributed by atoms with Gasteiger partial charge in [-0.05, 0) is 96.2 Å². The normalized spacial score (nSPS) is 26.2. The number of nitrogens with zero attached hydrogens (tertiary/aromatic N) is 6. The van der Waals surface area contributed by atoms with Gasteiger partial charge in [0.2, 0.25) is 5.69 Å². The predicted octanol–water partition coefficient (Wildman–Crippen LogP) is 12.3. The van der Waals surface area contributed by atoms with E-state index in [4.69, 9.17) is 6.57 Å². The number of fused-ring (bicyclic) bond motifs is 11. The minimum absolute atomic E-state index is 0.104. The van der Waals surface area contributed by atoms with Crippen molar-refractivity contribution in [1.29, 1.82) is 5.26 Å². The SMILES string of the molecule is [C-]#[N+]c1ccccc1N(C1=CC=C2C3CC4=C(C=C3N3c5ccccc5[C@@H]1C23)C1=CC=C(N(c2ccccc2)c2ccccc2C#N)[C@@H]2C3=CCCC=C3N4C12)C1C=CC=CC1.